The van der Waals surface area contributed by atoms with Crippen molar-refractivity contribution in [1.29, 1.82) is 0 Å². The van der Waals surface area contributed by atoms with Gasteiger partial charge in [0.2, 0.25) is 0 Å². The molecule has 0 aromatic carbocycles. The van der Waals surface area contributed by atoms with Gasteiger partial charge in [-0.25, -0.2) is 0 Å². The molecule has 4 fully saturated rings. The summed E-state index contributed by atoms with van der Waals surface area (Å²) in [6, 6.07) is 0.00636. The van der Waals surface area contributed by atoms with Crippen LogP contribution < -0.4 is 5.32 Å². The van der Waals surface area contributed by atoms with Crippen LogP contribution in [-0.2, 0) is 0 Å². The topological polar surface area (TPSA) is 72.7 Å². The van der Waals surface area contributed by atoms with Crippen LogP contribution in [0.2, 0.25) is 0 Å². The van der Waals surface area contributed by atoms with Gasteiger partial charge in [-0.1, -0.05) is 0 Å². The lowest BCUT2D eigenvalue weighted by atomic mass is 9.46. The van der Waals surface area contributed by atoms with E-state index in [-0.39, 0.29) is 30.7 Å². The molecule has 0 aromatic rings. The molecular weight excluding hydrogens is 242 g/mol. The number of hydrogen-bond donors (Lipinski definition) is 4. The first-order valence-electron chi connectivity index (χ1n) is 7.69. The predicted molar refractivity (Wildman–Crippen MR) is 72.6 cm³/mol. The fraction of sp³-hybridized carbons (Fsp3) is 1.00. The Bertz CT molecular complexity index is 328. The minimum Gasteiger partial charge on any atom is -0.395 e. The first-order chi connectivity index (χ1) is 8.98. The average Bonchev–Trinajstić information content (AvgIpc) is 2.32. The second kappa shape index (κ2) is 4.69. The van der Waals surface area contributed by atoms with Gasteiger partial charge in [0, 0.05) is 6.04 Å². The van der Waals surface area contributed by atoms with Crippen LogP contribution in [0.4, 0.5) is 0 Å². The number of aliphatic hydroxyl groups is 3. The van der Waals surface area contributed by atoms with Crippen LogP contribution in [0, 0.1) is 17.3 Å². The van der Waals surface area contributed by atoms with Crippen molar-refractivity contribution in [3.05, 3.63) is 0 Å². The van der Waals surface area contributed by atoms with Crippen molar-refractivity contribution < 1.29 is 15.3 Å². The van der Waals surface area contributed by atoms with Crippen molar-refractivity contribution in [3.63, 3.8) is 0 Å². The summed E-state index contributed by atoms with van der Waals surface area (Å²) in [5.74, 6) is 1.36. The molecule has 0 saturated heterocycles. The van der Waals surface area contributed by atoms with E-state index < -0.39 is 5.60 Å². The van der Waals surface area contributed by atoms with Gasteiger partial charge >= 0.3 is 0 Å². The van der Waals surface area contributed by atoms with Crippen LogP contribution in [0.25, 0.3) is 0 Å². The van der Waals surface area contributed by atoms with Gasteiger partial charge in [-0.15, -0.1) is 0 Å². The quantitative estimate of drug-likeness (QED) is 0.591. The molecule has 4 rings (SSSR count). The Balaban J connectivity index is 1.76. The molecule has 4 aliphatic carbocycles. The van der Waals surface area contributed by atoms with Crippen molar-refractivity contribution in [2.24, 2.45) is 17.3 Å². The Hall–Kier alpha value is -0.160. The molecular formula is C15H27NO3. The summed E-state index contributed by atoms with van der Waals surface area (Å²) < 4.78 is 0. The molecule has 19 heavy (non-hydrogen) atoms. The van der Waals surface area contributed by atoms with Crippen LogP contribution >= 0.6 is 0 Å². The summed E-state index contributed by atoms with van der Waals surface area (Å²) in [6.07, 6.45) is 6.56. The molecule has 4 bridgehead atoms. The maximum absolute atomic E-state index is 10.7. The predicted octanol–water partition coefficient (Wildman–Crippen LogP) is 0.649. The average molecular weight is 269 g/mol. The van der Waals surface area contributed by atoms with E-state index >= 15 is 0 Å². The second-order valence-electron chi connectivity index (χ2n) is 7.50. The Labute approximate surface area is 115 Å². The van der Waals surface area contributed by atoms with E-state index in [1.165, 1.54) is 19.3 Å². The largest absolute Gasteiger partial charge is 0.395 e. The third-order valence-corrected chi connectivity index (χ3v) is 5.92. The third-order valence-electron chi connectivity index (χ3n) is 5.92. The molecule has 0 heterocycles. The molecule has 0 radical (unpaired) electrons. The number of hydrogen-bond acceptors (Lipinski definition) is 4. The molecule has 0 aliphatic heterocycles. The summed E-state index contributed by atoms with van der Waals surface area (Å²) in [5, 5.41) is 32.6. The molecule has 4 N–H and O–H groups in total. The van der Waals surface area contributed by atoms with E-state index in [1.54, 1.807) is 0 Å². The summed E-state index contributed by atoms with van der Waals surface area (Å²) >= 11 is 0. The molecule has 3 atom stereocenters. The minimum atomic E-state index is -0.437. The second-order valence-corrected chi connectivity index (χ2v) is 7.50. The van der Waals surface area contributed by atoms with Crippen LogP contribution in [0.3, 0.4) is 0 Å². The summed E-state index contributed by atoms with van der Waals surface area (Å²) in [5.41, 5.74) is -0.268. The zero-order valence-corrected chi connectivity index (χ0v) is 11.8. The van der Waals surface area contributed by atoms with E-state index in [1.807, 2.05) is 0 Å². The van der Waals surface area contributed by atoms with Gasteiger partial charge in [0.1, 0.15) is 0 Å². The molecule has 4 nitrogen and oxygen atoms in total. The number of rotatable bonds is 5. The van der Waals surface area contributed by atoms with Crippen molar-refractivity contribution in [3.8, 4) is 0 Å². The fourth-order valence-corrected chi connectivity index (χ4v) is 5.48. The van der Waals surface area contributed by atoms with E-state index in [9.17, 15) is 15.3 Å². The van der Waals surface area contributed by atoms with Gasteiger partial charge in [-0.05, 0) is 62.7 Å². The van der Waals surface area contributed by atoms with Crippen molar-refractivity contribution in [2.45, 2.75) is 63.1 Å². The number of aliphatic hydroxyl groups excluding tert-OH is 2. The van der Waals surface area contributed by atoms with Crippen molar-refractivity contribution in [2.75, 3.05) is 13.2 Å². The lowest BCUT2D eigenvalue weighted by molar-refractivity contribution is -0.173. The Morgan fingerprint density at radius 1 is 1.11 bits per heavy atom. The minimum absolute atomic E-state index is 0.0337. The normalized spacial score (nSPS) is 45.9. The van der Waals surface area contributed by atoms with Gasteiger partial charge in [0.05, 0.1) is 24.9 Å². The molecule has 4 heteroatoms. The molecule has 110 valence electrons. The molecule has 0 unspecified atom stereocenters. The van der Waals surface area contributed by atoms with Gasteiger partial charge in [-0.3, -0.25) is 0 Å². The Kier molecular flexibility index (Phi) is 3.41. The maximum Gasteiger partial charge on any atom is 0.0659 e. The lowest BCUT2D eigenvalue weighted by Gasteiger charge is -2.62. The highest BCUT2D eigenvalue weighted by Crippen LogP contribution is 2.62. The smallest absolute Gasteiger partial charge is 0.0659 e. The fourth-order valence-electron chi connectivity index (χ4n) is 5.48. The summed E-state index contributed by atoms with van der Waals surface area (Å²) in [7, 11) is 0. The van der Waals surface area contributed by atoms with Crippen molar-refractivity contribution in [1.82, 2.24) is 5.32 Å². The van der Waals surface area contributed by atoms with Gasteiger partial charge in [-0.2, -0.15) is 0 Å². The van der Waals surface area contributed by atoms with E-state index in [0.29, 0.717) is 11.8 Å². The van der Waals surface area contributed by atoms with Gasteiger partial charge < -0.3 is 20.6 Å². The van der Waals surface area contributed by atoms with E-state index in [2.05, 4.69) is 12.2 Å². The SMILES string of the molecule is C[C@@H](NC(CO)CO)C12C[C@H]3C[C@@H](CC(O)(C3)C1)C2. The molecule has 0 spiro atoms. The number of nitrogens with one attached hydrogen (secondary N) is 1. The monoisotopic (exact) mass is 269 g/mol. The Morgan fingerprint density at radius 3 is 2.16 bits per heavy atom. The Morgan fingerprint density at radius 2 is 1.68 bits per heavy atom. The zero-order valence-electron chi connectivity index (χ0n) is 11.8. The van der Waals surface area contributed by atoms with Gasteiger partial charge in [0.15, 0.2) is 0 Å². The van der Waals surface area contributed by atoms with Crippen LogP contribution in [0.5, 0.6) is 0 Å². The standard InChI is InChI=1S/C15H27NO3/c1-10(16-13(7-17)8-18)14-3-11-2-12(4-14)6-15(19,5-11)9-14/h10-13,16-19H,2-9H2,1H3/t10-,11-,12-,14?,15?/m1/s1. The molecule has 0 aromatic heterocycles. The lowest BCUT2D eigenvalue weighted by Crippen LogP contribution is -2.62. The highest BCUT2D eigenvalue weighted by atomic mass is 16.3. The third kappa shape index (κ3) is 2.33. The van der Waals surface area contributed by atoms with Gasteiger partial charge in [0.25, 0.3) is 0 Å². The maximum atomic E-state index is 10.7. The summed E-state index contributed by atoms with van der Waals surface area (Å²) in [4.78, 5) is 0. The van der Waals surface area contributed by atoms with Crippen molar-refractivity contribution >= 4 is 0 Å². The molecule has 4 aliphatic rings. The molecule has 4 saturated carbocycles. The molecule has 0 amide bonds. The summed E-state index contributed by atoms with van der Waals surface area (Å²) in [6.45, 7) is 2.09. The first-order valence-corrected chi connectivity index (χ1v) is 7.69. The van der Waals surface area contributed by atoms with Crippen LogP contribution in [0.15, 0.2) is 0 Å². The zero-order chi connectivity index (χ0) is 13.7. The highest BCUT2D eigenvalue weighted by Gasteiger charge is 2.58. The van der Waals surface area contributed by atoms with E-state index in [4.69, 9.17) is 0 Å². The highest BCUT2D eigenvalue weighted by molar-refractivity contribution is 5.11. The van der Waals surface area contributed by atoms with Crippen LogP contribution in [0.1, 0.15) is 45.4 Å². The van der Waals surface area contributed by atoms with E-state index in [0.717, 1.165) is 19.3 Å². The van der Waals surface area contributed by atoms with Crippen LogP contribution in [-0.4, -0.2) is 46.2 Å². The first kappa shape index (κ1) is 13.8.